The maximum Gasteiger partial charge on any atom is 0.255 e. The van der Waals surface area contributed by atoms with Gasteiger partial charge in [-0.25, -0.2) is 8.42 Å². The summed E-state index contributed by atoms with van der Waals surface area (Å²) in [6, 6.07) is 21.6. The van der Waals surface area contributed by atoms with Crippen LogP contribution in [0.3, 0.4) is 0 Å². The second kappa shape index (κ2) is 9.74. The maximum atomic E-state index is 12.9. The molecular formula is C24H22ClN3O4S. The molecule has 0 unspecified atom stereocenters. The summed E-state index contributed by atoms with van der Waals surface area (Å²) < 4.78 is 27.0. The monoisotopic (exact) mass is 483 g/mol. The first-order valence-corrected chi connectivity index (χ1v) is 12.2. The van der Waals surface area contributed by atoms with Gasteiger partial charge >= 0.3 is 0 Å². The number of carbonyl (C=O) groups is 2. The minimum absolute atomic E-state index is 0.180. The Morgan fingerprint density at radius 1 is 0.758 bits per heavy atom. The van der Waals surface area contributed by atoms with E-state index in [9.17, 15) is 18.0 Å². The highest BCUT2D eigenvalue weighted by atomic mass is 35.5. The predicted octanol–water partition coefficient (Wildman–Crippen LogP) is 3.74. The lowest BCUT2D eigenvalue weighted by molar-refractivity contribution is 0.0698. The van der Waals surface area contributed by atoms with Gasteiger partial charge in [0.1, 0.15) is 0 Å². The van der Waals surface area contributed by atoms with E-state index < -0.39 is 10.0 Å². The van der Waals surface area contributed by atoms with E-state index in [1.54, 1.807) is 65.6 Å². The first-order chi connectivity index (χ1) is 15.8. The van der Waals surface area contributed by atoms with Crippen molar-refractivity contribution in [2.24, 2.45) is 0 Å². The van der Waals surface area contributed by atoms with Crippen molar-refractivity contribution in [2.75, 3.05) is 31.5 Å². The van der Waals surface area contributed by atoms with Gasteiger partial charge in [-0.2, -0.15) is 4.31 Å². The van der Waals surface area contributed by atoms with Crippen molar-refractivity contribution in [3.05, 3.63) is 95.0 Å². The summed E-state index contributed by atoms with van der Waals surface area (Å²) >= 11 is 5.85. The van der Waals surface area contributed by atoms with Gasteiger partial charge in [-0.3, -0.25) is 9.59 Å². The minimum Gasteiger partial charge on any atom is -0.336 e. The van der Waals surface area contributed by atoms with Crippen molar-refractivity contribution in [2.45, 2.75) is 4.90 Å². The zero-order valence-electron chi connectivity index (χ0n) is 17.6. The van der Waals surface area contributed by atoms with Crippen molar-refractivity contribution >= 4 is 39.1 Å². The molecule has 1 aliphatic rings. The number of carbonyl (C=O) groups excluding carboxylic acids is 2. The highest BCUT2D eigenvalue weighted by Crippen LogP contribution is 2.21. The molecule has 0 radical (unpaired) electrons. The molecule has 1 N–H and O–H groups in total. The van der Waals surface area contributed by atoms with Gasteiger partial charge in [0.05, 0.1) is 4.90 Å². The number of benzene rings is 3. The normalized spacial score (nSPS) is 14.6. The first kappa shape index (κ1) is 23.0. The van der Waals surface area contributed by atoms with E-state index in [1.165, 1.54) is 16.4 Å². The lowest BCUT2D eigenvalue weighted by atomic mass is 10.1. The Balaban J connectivity index is 1.36. The number of piperazine rings is 1. The predicted molar refractivity (Wildman–Crippen MR) is 127 cm³/mol. The van der Waals surface area contributed by atoms with Crippen molar-refractivity contribution in [3.8, 4) is 0 Å². The molecule has 0 atom stereocenters. The average molecular weight is 484 g/mol. The molecule has 3 aromatic carbocycles. The van der Waals surface area contributed by atoms with Crippen molar-refractivity contribution < 1.29 is 18.0 Å². The van der Waals surface area contributed by atoms with Gasteiger partial charge in [-0.1, -0.05) is 29.8 Å². The van der Waals surface area contributed by atoms with E-state index in [0.29, 0.717) is 21.8 Å². The number of sulfonamides is 1. The van der Waals surface area contributed by atoms with Crippen LogP contribution in [0.4, 0.5) is 5.69 Å². The second-order valence-electron chi connectivity index (χ2n) is 7.55. The highest BCUT2D eigenvalue weighted by Gasteiger charge is 2.30. The van der Waals surface area contributed by atoms with Crippen LogP contribution in [0.25, 0.3) is 0 Å². The highest BCUT2D eigenvalue weighted by molar-refractivity contribution is 7.89. The summed E-state index contributed by atoms with van der Waals surface area (Å²) in [5.74, 6) is -0.410. The Morgan fingerprint density at radius 3 is 1.97 bits per heavy atom. The maximum absolute atomic E-state index is 12.9. The number of amides is 2. The molecule has 1 saturated heterocycles. The van der Waals surface area contributed by atoms with Gasteiger partial charge in [0.15, 0.2) is 0 Å². The summed E-state index contributed by atoms with van der Waals surface area (Å²) in [4.78, 5) is 26.9. The fourth-order valence-corrected chi connectivity index (χ4v) is 5.11. The van der Waals surface area contributed by atoms with Crippen LogP contribution in [0.5, 0.6) is 0 Å². The van der Waals surface area contributed by atoms with Crippen LogP contribution in [-0.4, -0.2) is 55.6 Å². The van der Waals surface area contributed by atoms with E-state index in [0.717, 1.165) is 0 Å². The topological polar surface area (TPSA) is 86.8 Å². The van der Waals surface area contributed by atoms with Crippen LogP contribution in [0, 0.1) is 0 Å². The van der Waals surface area contributed by atoms with Gasteiger partial charge < -0.3 is 10.2 Å². The molecule has 2 amide bonds. The van der Waals surface area contributed by atoms with Gasteiger partial charge in [0, 0.05) is 48.0 Å². The molecule has 0 aliphatic carbocycles. The molecule has 0 saturated carbocycles. The van der Waals surface area contributed by atoms with Crippen LogP contribution in [-0.2, 0) is 10.0 Å². The van der Waals surface area contributed by atoms with Crippen molar-refractivity contribution in [3.63, 3.8) is 0 Å². The van der Waals surface area contributed by atoms with Crippen molar-refractivity contribution in [1.82, 2.24) is 9.21 Å². The summed E-state index contributed by atoms with van der Waals surface area (Å²) in [7, 11) is -3.64. The quantitative estimate of drug-likeness (QED) is 0.599. The van der Waals surface area contributed by atoms with Crippen LogP contribution < -0.4 is 5.32 Å². The van der Waals surface area contributed by atoms with E-state index in [4.69, 9.17) is 11.6 Å². The standard InChI is InChI=1S/C24H22ClN3O4S/c25-20-8-12-22(13-9-20)33(31,32)28-16-14-27(15-17-28)24(30)19-6-10-21(11-7-19)26-23(29)18-4-2-1-3-5-18/h1-13H,14-17H2,(H,26,29). The fourth-order valence-electron chi connectivity index (χ4n) is 3.56. The molecule has 33 heavy (non-hydrogen) atoms. The zero-order chi connectivity index (χ0) is 23.4. The fraction of sp³-hybridized carbons (Fsp3) is 0.167. The third kappa shape index (κ3) is 5.24. The molecule has 1 heterocycles. The number of nitrogens with zero attached hydrogens (tertiary/aromatic N) is 2. The first-order valence-electron chi connectivity index (χ1n) is 10.4. The molecule has 0 aromatic heterocycles. The Kier molecular flexibility index (Phi) is 6.78. The minimum atomic E-state index is -3.64. The van der Waals surface area contributed by atoms with Crippen LogP contribution in [0.1, 0.15) is 20.7 Å². The Morgan fingerprint density at radius 2 is 1.36 bits per heavy atom. The number of hydrogen-bond donors (Lipinski definition) is 1. The smallest absolute Gasteiger partial charge is 0.255 e. The average Bonchev–Trinajstić information content (AvgIpc) is 2.85. The molecule has 3 aromatic rings. The summed E-state index contributed by atoms with van der Waals surface area (Å²) in [6.07, 6.45) is 0. The van der Waals surface area contributed by atoms with E-state index in [1.807, 2.05) is 6.07 Å². The van der Waals surface area contributed by atoms with Crippen LogP contribution >= 0.6 is 11.6 Å². The Labute approximate surface area is 197 Å². The van der Waals surface area contributed by atoms with E-state index >= 15 is 0 Å². The zero-order valence-corrected chi connectivity index (χ0v) is 19.2. The summed E-state index contributed by atoms with van der Waals surface area (Å²) in [5, 5.41) is 3.27. The lowest BCUT2D eigenvalue weighted by Gasteiger charge is -2.34. The number of anilines is 1. The number of halogens is 1. The molecule has 0 spiro atoms. The summed E-state index contributed by atoms with van der Waals surface area (Å²) in [5.41, 5.74) is 1.60. The van der Waals surface area contributed by atoms with Gasteiger partial charge in [0.2, 0.25) is 10.0 Å². The third-order valence-electron chi connectivity index (χ3n) is 5.40. The van der Waals surface area contributed by atoms with Crippen LogP contribution in [0.15, 0.2) is 83.8 Å². The molecule has 9 heteroatoms. The van der Waals surface area contributed by atoms with Gasteiger partial charge in [0.25, 0.3) is 11.8 Å². The second-order valence-corrected chi connectivity index (χ2v) is 9.92. The summed E-state index contributed by atoms with van der Waals surface area (Å²) in [6.45, 7) is 1.00. The largest absolute Gasteiger partial charge is 0.336 e. The molecule has 4 rings (SSSR count). The lowest BCUT2D eigenvalue weighted by Crippen LogP contribution is -2.50. The number of hydrogen-bond acceptors (Lipinski definition) is 4. The van der Waals surface area contributed by atoms with Crippen LogP contribution in [0.2, 0.25) is 5.02 Å². The molecule has 1 fully saturated rings. The van der Waals surface area contributed by atoms with Crippen molar-refractivity contribution in [1.29, 1.82) is 0 Å². The van der Waals surface area contributed by atoms with Gasteiger partial charge in [-0.15, -0.1) is 0 Å². The molecular weight excluding hydrogens is 462 g/mol. The Hall–Kier alpha value is -3.20. The molecule has 0 bridgehead atoms. The molecule has 7 nitrogen and oxygen atoms in total. The van der Waals surface area contributed by atoms with E-state index in [2.05, 4.69) is 5.32 Å². The van der Waals surface area contributed by atoms with E-state index in [-0.39, 0.29) is 42.9 Å². The Bertz CT molecular complexity index is 1240. The third-order valence-corrected chi connectivity index (χ3v) is 7.57. The molecule has 170 valence electrons. The number of nitrogens with one attached hydrogen (secondary N) is 1. The van der Waals surface area contributed by atoms with Gasteiger partial charge in [-0.05, 0) is 60.7 Å². The molecule has 1 aliphatic heterocycles. The number of rotatable bonds is 5. The SMILES string of the molecule is O=C(Nc1ccc(C(=O)N2CCN(S(=O)(=O)c3ccc(Cl)cc3)CC2)cc1)c1ccccc1.